The average Bonchev–Trinajstić information content (AvgIpc) is 3.21. The summed E-state index contributed by atoms with van der Waals surface area (Å²) in [5.41, 5.74) is 2.66. The Morgan fingerprint density at radius 1 is 1.12 bits per heavy atom. The van der Waals surface area contributed by atoms with E-state index in [0.717, 1.165) is 11.1 Å². The van der Waals surface area contributed by atoms with Crippen molar-refractivity contribution in [2.75, 3.05) is 0 Å². The van der Waals surface area contributed by atoms with E-state index in [1.165, 1.54) is 16.6 Å². The van der Waals surface area contributed by atoms with Gasteiger partial charge in [0.25, 0.3) is 5.56 Å². The number of benzene rings is 2. The molecule has 0 fully saturated rings. The molecule has 0 radical (unpaired) electrons. The van der Waals surface area contributed by atoms with Gasteiger partial charge in [0.15, 0.2) is 5.78 Å². The van der Waals surface area contributed by atoms with Crippen molar-refractivity contribution in [3.05, 3.63) is 76.2 Å². The fraction of sp³-hybridized carbons (Fsp3) is 0.105. The smallest absolute Gasteiger partial charge is 0.282 e. The highest BCUT2D eigenvalue weighted by Gasteiger charge is 2.33. The highest BCUT2D eigenvalue weighted by atomic mass is 16.3. The SMILES string of the molecule is O=C(c1ccc(O)cc1)C1Cc2cnn3c(=O)c4ccccc4n1c23. The molecule has 0 saturated heterocycles. The first-order valence-corrected chi connectivity index (χ1v) is 7.98. The van der Waals surface area contributed by atoms with Gasteiger partial charge in [-0.15, -0.1) is 0 Å². The van der Waals surface area contributed by atoms with Crippen LogP contribution in [-0.2, 0) is 6.42 Å². The maximum Gasteiger partial charge on any atom is 0.282 e. The fourth-order valence-corrected chi connectivity index (χ4v) is 3.66. The zero-order valence-corrected chi connectivity index (χ0v) is 13.1. The van der Waals surface area contributed by atoms with Crippen LogP contribution in [0.25, 0.3) is 16.6 Å². The Hall–Kier alpha value is -3.41. The van der Waals surface area contributed by atoms with Crippen molar-refractivity contribution in [3.8, 4) is 5.75 Å². The number of carbonyl (C=O) groups excluding carboxylic acids is 1. The lowest BCUT2D eigenvalue weighted by Crippen LogP contribution is -2.24. The Morgan fingerprint density at radius 3 is 2.68 bits per heavy atom. The first-order chi connectivity index (χ1) is 12.1. The monoisotopic (exact) mass is 331 g/mol. The third kappa shape index (κ3) is 1.82. The van der Waals surface area contributed by atoms with Gasteiger partial charge in [0.1, 0.15) is 17.4 Å². The van der Waals surface area contributed by atoms with Crippen molar-refractivity contribution in [1.82, 2.24) is 14.2 Å². The molecule has 0 saturated carbocycles. The highest BCUT2D eigenvalue weighted by molar-refractivity contribution is 6.01. The number of fused-ring (bicyclic) bond motifs is 2. The normalized spacial score (nSPS) is 15.9. The number of hydrogen-bond donors (Lipinski definition) is 1. The number of hydrogen-bond acceptors (Lipinski definition) is 4. The minimum atomic E-state index is -0.432. The number of carbonyl (C=O) groups is 1. The largest absolute Gasteiger partial charge is 0.508 e. The van der Waals surface area contributed by atoms with Crippen LogP contribution in [0.15, 0.2) is 59.5 Å². The van der Waals surface area contributed by atoms with E-state index in [-0.39, 0.29) is 17.1 Å². The number of para-hydroxylation sites is 1. The molecular formula is C19H13N3O3. The van der Waals surface area contributed by atoms with Crippen molar-refractivity contribution >= 4 is 22.3 Å². The van der Waals surface area contributed by atoms with Crippen LogP contribution in [0, 0.1) is 0 Å². The molecule has 0 amide bonds. The van der Waals surface area contributed by atoms with Gasteiger partial charge in [-0.2, -0.15) is 9.61 Å². The second kappa shape index (κ2) is 4.80. The van der Waals surface area contributed by atoms with Gasteiger partial charge in [0, 0.05) is 17.5 Å². The Morgan fingerprint density at radius 2 is 1.88 bits per heavy atom. The van der Waals surface area contributed by atoms with Gasteiger partial charge in [-0.3, -0.25) is 9.59 Å². The van der Waals surface area contributed by atoms with Crippen LogP contribution in [0.3, 0.4) is 0 Å². The number of ketones is 1. The third-order valence-electron chi connectivity index (χ3n) is 4.81. The molecule has 3 heterocycles. The molecular weight excluding hydrogens is 318 g/mol. The molecule has 1 aliphatic heterocycles. The molecule has 4 aromatic rings. The predicted octanol–water partition coefficient (Wildman–Crippen LogP) is 2.33. The van der Waals surface area contributed by atoms with Crippen LogP contribution in [0.1, 0.15) is 22.0 Å². The maximum atomic E-state index is 13.1. The van der Waals surface area contributed by atoms with Crippen LogP contribution in [0.2, 0.25) is 0 Å². The van der Waals surface area contributed by atoms with Crippen molar-refractivity contribution in [2.24, 2.45) is 0 Å². The second-order valence-corrected chi connectivity index (χ2v) is 6.23. The van der Waals surface area contributed by atoms with Gasteiger partial charge in [-0.05, 0) is 36.4 Å². The van der Waals surface area contributed by atoms with Crippen LogP contribution in [-0.4, -0.2) is 25.1 Å². The summed E-state index contributed by atoms with van der Waals surface area (Å²) in [5.74, 6) is 0.0720. The third-order valence-corrected chi connectivity index (χ3v) is 4.81. The molecule has 1 atom stereocenters. The van der Waals surface area contributed by atoms with Crippen molar-refractivity contribution < 1.29 is 9.90 Å². The first kappa shape index (κ1) is 14.0. The molecule has 6 heteroatoms. The van der Waals surface area contributed by atoms with Crippen LogP contribution in [0.4, 0.5) is 0 Å². The summed E-state index contributed by atoms with van der Waals surface area (Å²) in [6, 6.07) is 13.1. The van der Waals surface area contributed by atoms with E-state index in [1.54, 1.807) is 30.5 Å². The van der Waals surface area contributed by atoms with Crippen LogP contribution >= 0.6 is 0 Å². The van der Waals surface area contributed by atoms with Gasteiger partial charge >= 0.3 is 0 Å². The molecule has 6 nitrogen and oxygen atoms in total. The van der Waals surface area contributed by atoms with Gasteiger partial charge in [0.2, 0.25) is 0 Å². The topological polar surface area (TPSA) is 76.6 Å². The predicted molar refractivity (Wildman–Crippen MR) is 92.1 cm³/mol. The van der Waals surface area contributed by atoms with Crippen molar-refractivity contribution in [1.29, 1.82) is 0 Å². The number of aromatic nitrogens is 3. The standard InChI is InChI=1S/C19H13N3O3/c23-13-7-5-11(6-8-13)17(24)16-9-12-10-20-22-18(12)21(16)15-4-2-1-3-14(15)19(22)25/h1-8,10,16,23H,9H2. The van der Waals surface area contributed by atoms with Gasteiger partial charge < -0.3 is 9.67 Å². The second-order valence-electron chi connectivity index (χ2n) is 6.23. The lowest BCUT2D eigenvalue weighted by molar-refractivity contribution is 0.0933. The molecule has 1 unspecified atom stereocenters. The Balaban J connectivity index is 1.79. The van der Waals surface area contributed by atoms with E-state index in [4.69, 9.17) is 0 Å². The summed E-state index contributed by atoms with van der Waals surface area (Å²) in [7, 11) is 0. The summed E-state index contributed by atoms with van der Waals surface area (Å²) in [4.78, 5) is 25.7. The molecule has 0 bridgehead atoms. The lowest BCUT2D eigenvalue weighted by atomic mass is 10.0. The number of aromatic hydroxyl groups is 1. The maximum absolute atomic E-state index is 13.1. The van der Waals surface area contributed by atoms with Gasteiger partial charge in [-0.1, -0.05) is 12.1 Å². The number of Topliss-reactive ketones (excluding diaryl/α,β-unsaturated/α-hetero) is 1. The summed E-state index contributed by atoms with van der Waals surface area (Å²) in [6.45, 7) is 0. The number of rotatable bonds is 2. The molecule has 5 rings (SSSR count). The van der Waals surface area contributed by atoms with E-state index in [9.17, 15) is 14.7 Å². The van der Waals surface area contributed by atoms with E-state index in [0.29, 0.717) is 23.0 Å². The van der Waals surface area contributed by atoms with Crippen LogP contribution in [0.5, 0.6) is 5.75 Å². The zero-order valence-electron chi connectivity index (χ0n) is 13.1. The van der Waals surface area contributed by atoms with E-state index in [1.807, 2.05) is 16.7 Å². The molecule has 2 aromatic heterocycles. The average molecular weight is 331 g/mol. The van der Waals surface area contributed by atoms with Gasteiger partial charge in [-0.25, -0.2) is 0 Å². The summed E-state index contributed by atoms with van der Waals surface area (Å²) in [5, 5.41) is 14.2. The summed E-state index contributed by atoms with van der Waals surface area (Å²) < 4.78 is 3.29. The van der Waals surface area contributed by atoms with E-state index >= 15 is 0 Å². The summed E-state index contributed by atoms with van der Waals surface area (Å²) in [6.07, 6.45) is 2.16. The Kier molecular flexibility index (Phi) is 2.68. The minimum Gasteiger partial charge on any atom is -0.508 e. The molecule has 1 aliphatic rings. The van der Waals surface area contributed by atoms with Crippen LogP contribution < -0.4 is 5.56 Å². The van der Waals surface area contributed by atoms with Crippen molar-refractivity contribution in [2.45, 2.75) is 12.5 Å². The number of phenols is 1. The lowest BCUT2D eigenvalue weighted by Gasteiger charge is -2.17. The van der Waals surface area contributed by atoms with E-state index < -0.39 is 6.04 Å². The molecule has 0 aliphatic carbocycles. The quantitative estimate of drug-likeness (QED) is 0.572. The van der Waals surface area contributed by atoms with Crippen molar-refractivity contribution in [3.63, 3.8) is 0 Å². The first-order valence-electron chi connectivity index (χ1n) is 7.98. The number of phenolic OH excluding ortho intramolecular Hbond substituents is 1. The Labute approximate surface area is 141 Å². The summed E-state index contributed by atoms with van der Waals surface area (Å²) >= 11 is 0. The molecule has 1 N–H and O–H groups in total. The van der Waals surface area contributed by atoms with Gasteiger partial charge in [0.05, 0.1) is 17.1 Å². The van der Waals surface area contributed by atoms with E-state index in [2.05, 4.69) is 5.10 Å². The zero-order chi connectivity index (χ0) is 17.1. The molecule has 122 valence electrons. The highest BCUT2D eigenvalue weighted by Crippen LogP contribution is 2.33. The molecule has 2 aromatic carbocycles. The minimum absolute atomic E-state index is 0.0492. The molecule has 25 heavy (non-hydrogen) atoms. The number of nitrogens with zero attached hydrogens (tertiary/aromatic N) is 3. The Bertz CT molecular complexity index is 1220. The fourth-order valence-electron chi connectivity index (χ4n) is 3.66. The molecule has 0 spiro atoms.